The van der Waals surface area contributed by atoms with Gasteiger partial charge in [-0.05, 0) is 26.9 Å². The number of hydrogen-bond donors (Lipinski definition) is 1. The zero-order valence-electron chi connectivity index (χ0n) is 12.1. The number of carboxylic acids is 1. The lowest BCUT2D eigenvalue weighted by atomic mass is 9.88. The second kappa shape index (κ2) is 8.15. The SMILES string of the molecule is CN(C)CCN(CCC(=O)O)C(=O)C1CCCCC1. The number of hydrogen-bond acceptors (Lipinski definition) is 3. The summed E-state index contributed by atoms with van der Waals surface area (Å²) in [5.41, 5.74) is 0. The van der Waals surface area contributed by atoms with Gasteiger partial charge in [0.1, 0.15) is 0 Å². The van der Waals surface area contributed by atoms with Crippen molar-refractivity contribution in [2.75, 3.05) is 33.7 Å². The number of likely N-dealkylation sites (N-methyl/N-ethyl adjacent to an activating group) is 1. The summed E-state index contributed by atoms with van der Waals surface area (Å²) in [6.45, 7) is 1.73. The molecule has 0 aromatic rings. The maximum Gasteiger partial charge on any atom is 0.305 e. The number of nitrogens with zero attached hydrogens (tertiary/aromatic N) is 2. The summed E-state index contributed by atoms with van der Waals surface area (Å²) >= 11 is 0. The van der Waals surface area contributed by atoms with E-state index in [1.54, 1.807) is 4.90 Å². The molecule has 0 atom stereocenters. The summed E-state index contributed by atoms with van der Waals surface area (Å²) in [5.74, 6) is -0.571. The van der Waals surface area contributed by atoms with E-state index >= 15 is 0 Å². The van der Waals surface area contributed by atoms with Crippen LogP contribution >= 0.6 is 0 Å². The monoisotopic (exact) mass is 270 g/mol. The topological polar surface area (TPSA) is 60.9 Å². The van der Waals surface area contributed by atoms with Crippen molar-refractivity contribution in [1.29, 1.82) is 0 Å². The van der Waals surface area contributed by atoms with Crippen LogP contribution in [0.3, 0.4) is 0 Å². The molecule has 0 bridgehead atoms. The molecule has 0 aliphatic heterocycles. The van der Waals surface area contributed by atoms with Crippen LogP contribution in [0.15, 0.2) is 0 Å². The van der Waals surface area contributed by atoms with E-state index in [1.807, 2.05) is 19.0 Å². The van der Waals surface area contributed by atoms with Crippen molar-refractivity contribution < 1.29 is 14.7 Å². The summed E-state index contributed by atoms with van der Waals surface area (Å²) in [7, 11) is 3.92. The predicted molar refractivity (Wildman–Crippen MR) is 74.0 cm³/mol. The average Bonchev–Trinajstić information content (AvgIpc) is 2.38. The molecule has 0 saturated heterocycles. The molecule has 1 amide bonds. The number of carbonyl (C=O) groups excluding carboxylic acids is 1. The lowest BCUT2D eigenvalue weighted by Crippen LogP contribution is -2.41. The van der Waals surface area contributed by atoms with Crippen LogP contribution in [0.5, 0.6) is 0 Å². The van der Waals surface area contributed by atoms with Crippen molar-refractivity contribution in [1.82, 2.24) is 9.80 Å². The van der Waals surface area contributed by atoms with E-state index in [0.717, 1.165) is 32.2 Å². The normalized spacial score (nSPS) is 16.6. The molecule has 0 unspecified atom stereocenters. The van der Waals surface area contributed by atoms with E-state index in [4.69, 9.17) is 5.11 Å². The quantitative estimate of drug-likeness (QED) is 0.760. The van der Waals surface area contributed by atoms with E-state index < -0.39 is 5.97 Å². The van der Waals surface area contributed by atoms with E-state index in [9.17, 15) is 9.59 Å². The Kier molecular flexibility index (Phi) is 6.84. The molecular formula is C14H26N2O3. The molecule has 0 spiro atoms. The molecule has 1 saturated carbocycles. The highest BCUT2D eigenvalue weighted by molar-refractivity contribution is 5.79. The minimum atomic E-state index is -0.841. The Morgan fingerprint density at radius 1 is 1.05 bits per heavy atom. The Labute approximate surface area is 115 Å². The lowest BCUT2D eigenvalue weighted by Gasteiger charge is -2.30. The van der Waals surface area contributed by atoms with Crippen molar-refractivity contribution in [3.05, 3.63) is 0 Å². The molecule has 1 aliphatic carbocycles. The molecule has 0 radical (unpaired) electrons. The van der Waals surface area contributed by atoms with Crippen LogP contribution in [-0.2, 0) is 9.59 Å². The fourth-order valence-electron chi connectivity index (χ4n) is 2.49. The molecule has 1 rings (SSSR count). The third-order valence-electron chi connectivity index (χ3n) is 3.68. The van der Waals surface area contributed by atoms with E-state index in [0.29, 0.717) is 13.1 Å². The molecule has 1 N–H and O–H groups in total. The number of amides is 1. The zero-order chi connectivity index (χ0) is 14.3. The van der Waals surface area contributed by atoms with Gasteiger partial charge in [-0.1, -0.05) is 19.3 Å². The van der Waals surface area contributed by atoms with Crippen LogP contribution in [-0.4, -0.2) is 60.5 Å². The smallest absolute Gasteiger partial charge is 0.305 e. The molecule has 0 aromatic heterocycles. The third-order valence-corrected chi connectivity index (χ3v) is 3.68. The predicted octanol–water partition coefficient (Wildman–Crippen LogP) is 1.43. The van der Waals surface area contributed by atoms with Crippen LogP contribution in [0.1, 0.15) is 38.5 Å². The molecule has 5 nitrogen and oxygen atoms in total. The van der Waals surface area contributed by atoms with Crippen LogP contribution < -0.4 is 0 Å². The van der Waals surface area contributed by atoms with E-state index in [1.165, 1.54) is 6.42 Å². The van der Waals surface area contributed by atoms with Gasteiger partial charge in [-0.3, -0.25) is 9.59 Å². The number of aliphatic carboxylic acids is 1. The Morgan fingerprint density at radius 2 is 1.68 bits per heavy atom. The first-order valence-corrected chi connectivity index (χ1v) is 7.16. The molecule has 1 aliphatic rings. The fraction of sp³-hybridized carbons (Fsp3) is 0.857. The van der Waals surface area contributed by atoms with Crippen molar-refractivity contribution >= 4 is 11.9 Å². The second-order valence-corrected chi connectivity index (χ2v) is 5.61. The number of carboxylic acid groups (broad SMARTS) is 1. The summed E-state index contributed by atoms with van der Waals surface area (Å²) < 4.78 is 0. The van der Waals surface area contributed by atoms with Crippen LogP contribution in [0.2, 0.25) is 0 Å². The number of rotatable bonds is 7. The molecule has 0 aromatic carbocycles. The van der Waals surface area contributed by atoms with Crippen LogP contribution in [0.25, 0.3) is 0 Å². The van der Waals surface area contributed by atoms with Gasteiger partial charge < -0.3 is 14.9 Å². The Morgan fingerprint density at radius 3 is 2.21 bits per heavy atom. The first-order chi connectivity index (χ1) is 9.00. The maximum atomic E-state index is 12.4. The molecule has 110 valence electrons. The summed E-state index contributed by atoms with van der Waals surface area (Å²) in [6, 6.07) is 0. The van der Waals surface area contributed by atoms with Gasteiger partial charge in [0.05, 0.1) is 6.42 Å². The Hall–Kier alpha value is -1.10. The van der Waals surface area contributed by atoms with Crippen molar-refractivity contribution in [2.45, 2.75) is 38.5 Å². The molecular weight excluding hydrogens is 244 g/mol. The molecule has 19 heavy (non-hydrogen) atoms. The molecule has 1 fully saturated rings. The summed E-state index contributed by atoms with van der Waals surface area (Å²) in [4.78, 5) is 26.9. The van der Waals surface area contributed by atoms with Gasteiger partial charge in [0.15, 0.2) is 0 Å². The van der Waals surface area contributed by atoms with Crippen molar-refractivity contribution in [3.8, 4) is 0 Å². The fourth-order valence-corrected chi connectivity index (χ4v) is 2.49. The summed E-state index contributed by atoms with van der Waals surface area (Å²) in [5, 5.41) is 8.78. The third kappa shape index (κ3) is 6.05. The van der Waals surface area contributed by atoms with Gasteiger partial charge in [-0.25, -0.2) is 0 Å². The van der Waals surface area contributed by atoms with Gasteiger partial charge in [0.2, 0.25) is 5.91 Å². The van der Waals surface area contributed by atoms with Crippen LogP contribution in [0.4, 0.5) is 0 Å². The first kappa shape index (κ1) is 16.0. The van der Waals surface area contributed by atoms with Crippen molar-refractivity contribution in [2.24, 2.45) is 5.92 Å². The highest BCUT2D eigenvalue weighted by Gasteiger charge is 2.26. The molecule has 0 heterocycles. The summed E-state index contributed by atoms with van der Waals surface area (Å²) in [6.07, 6.45) is 5.42. The van der Waals surface area contributed by atoms with Crippen molar-refractivity contribution in [3.63, 3.8) is 0 Å². The zero-order valence-corrected chi connectivity index (χ0v) is 12.1. The Bertz CT molecular complexity index is 299. The van der Waals surface area contributed by atoms with E-state index in [2.05, 4.69) is 0 Å². The minimum absolute atomic E-state index is 0.0336. The molecule has 5 heteroatoms. The van der Waals surface area contributed by atoms with Crippen LogP contribution in [0, 0.1) is 5.92 Å². The first-order valence-electron chi connectivity index (χ1n) is 7.16. The minimum Gasteiger partial charge on any atom is -0.481 e. The Balaban J connectivity index is 2.53. The van der Waals surface area contributed by atoms with Gasteiger partial charge in [0.25, 0.3) is 0 Å². The van der Waals surface area contributed by atoms with Gasteiger partial charge in [-0.2, -0.15) is 0 Å². The van der Waals surface area contributed by atoms with Gasteiger partial charge in [0, 0.05) is 25.6 Å². The maximum absolute atomic E-state index is 12.4. The largest absolute Gasteiger partial charge is 0.481 e. The van der Waals surface area contributed by atoms with Gasteiger partial charge in [-0.15, -0.1) is 0 Å². The standard InChI is InChI=1S/C14H26N2O3/c1-15(2)10-11-16(9-8-13(17)18)14(19)12-6-4-3-5-7-12/h12H,3-11H2,1-2H3,(H,17,18). The van der Waals surface area contributed by atoms with E-state index in [-0.39, 0.29) is 18.2 Å². The van der Waals surface area contributed by atoms with Gasteiger partial charge >= 0.3 is 5.97 Å². The second-order valence-electron chi connectivity index (χ2n) is 5.61. The highest BCUT2D eigenvalue weighted by atomic mass is 16.4. The number of carbonyl (C=O) groups is 2. The highest BCUT2D eigenvalue weighted by Crippen LogP contribution is 2.25. The average molecular weight is 270 g/mol. The lowest BCUT2D eigenvalue weighted by molar-refractivity contribution is -0.140.